The van der Waals surface area contributed by atoms with Gasteiger partial charge < -0.3 is 21.1 Å². The van der Waals surface area contributed by atoms with Gasteiger partial charge in [-0.3, -0.25) is 9.89 Å². The number of hydrogen-bond donors (Lipinski definition) is 5. The van der Waals surface area contributed by atoms with Crippen molar-refractivity contribution in [1.82, 2.24) is 20.5 Å². The number of hydrogen-bond acceptors (Lipinski definition) is 4. The number of nitrogens with zero attached hydrogens (tertiary/aromatic N) is 1. The third-order valence-electron chi connectivity index (χ3n) is 4.57. The normalized spacial score (nSPS) is 11.4. The van der Waals surface area contributed by atoms with Crippen LogP contribution in [0.25, 0.3) is 33.2 Å². The average molecular weight is 363 g/mol. The van der Waals surface area contributed by atoms with E-state index < -0.39 is 5.97 Å². The number of carbonyl (C=O) groups is 1. The number of benzene rings is 2. The summed E-state index contributed by atoms with van der Waals surface area (Å²) < 4.78 is 0. The molecule has 27 heavy (non-hydrogen) atoms. The molecule has 0 aliphatic carbocycles. The fourth-order valence-electron chi connectivity index (χ4n) is 3.31. The van der Waals surface area contributed by atoms with Gasteiger partial charge in [0.25, 0.3) is 0 Å². The fraction of sp³-hybridized carbons (Fsp3) is 0.200. The zero-order chi connectivity index (χ0) is 18.8. The minimum Gasteiger partial charge on any atom is -0.481 e. The monoisotopic (exact) mass is 363 g/mol. The third-order valence-corrected chi connectivity index (χ3v) is 4.57. The highest BCUT2D eigenvalue weighted by molar-refractivity contribution is 5.96. The standard InChI is InChI=1S/C20H21N5O2/c21-5-6-22-11-13-2-4-16-14(7-13)10-18(23-16)20-15-3-1-12(9-19(26)27)8-17(15)24-25-20/h1-4,7-8,10,22-23H,5-6,9,11,21H2,(H,24,25)(H,26,27). The number of carboxylic acid groups (broad SMARTS) is 1. The molecule has 7 heteroatoms. The van der Waals surface area contributed by atoms with Gasteiger partial charge in [-0.15, -0.1) is 0 Å². The molecule has 0 spiro atoms. The quantitative estimate of drug-likeness (QED) is 0.323. The lowest BCUT2D eigenvalue weighted by Gasteiger charge is -2.02. The number of nitrogens with two attached hydrogens (primary N) is 1. The Balaban J connectivity index is 1.66. The zero-order valence-corrected chi connectivity index (χ0v) is 14.7. The Bertz CT molecular complexity index is 1110. The van der Waals surface area contributed by atoms with Crippen molar-refractivity contribution in [2.24, 2.45) is 5.73 Å². The van der Waals surface area contributed by atoms with E-state index in [1.807, 2.05) is 18.2 Å². The van der Waals surface area contributed by atoms with Gasteiger partial charge in [0.2, 0.25) is 0 Å². The average Bonchev–Trinajstić information content (AvgIpc) is 3.24. The minimum absolute atomic E-state index is 0.00233. The van der Waals surface area contributed by atoms with Gasteiger partial charge in [0.05, 0.1) is 17.6 Å². The SMILES string of the molecule is NCCNCc1ccc2[nH]c(-c3n[nH]c4cc(CC(=O)O)ccc34)cc2c1. The summed E-state index contributed by atoms with van der Waals surface area (Å²) in [6.07, 6.45) is -0.00233. The maximum Gasteiger partial charge on any atom is 0.307 e. The van der Waals surface area contributed by atoms with Crippen LogP contribution in [0.3, 0.4) is 0 Å². The van der Waals surface area contributed by atoms with E-state index in [0.29, 0.717) is 6.54 Å². The molecule has 4 aromatic rings. The van der Waals surface area contributed by atoms with Crippen LogP contribution in [0.4, 0.5) is 0 Å². The summed E-state index contributed by atoms with van der Waals surface area (Å²) in [4.78, 5) is 14.3. The van der Waals surface area contributed by atoms with Gasteiger partial charge in [-0.1, -0.05) is 18.2 Å². The summed E-state index contributed by atoms with van der Waals surface area (Å²) in [5.41, 5.74) is 11.1. The number of carboxylic acids is 1. The Morgan fingerprint density at radius 2 is 1.96 bits per heavy atom. The van der Waals surface area contributed by atoms with Crippen molar-refractivity contribution < 1.29 is 9.90 Å². The summed E-state index contributed by atoms with van der Waals surface area (Å²) in [7, 11) is 0. The van der Waals surface area contributed by atoms with E-state index in [-0.39, 0.29) is 6.42 Å². The molecule has 138 valence electrons. The molecule has 7 nitrogen and oxygen atoms in total. The summed E-state index contributed by atoms with van der Waals surface area (Å²) >= 11 is 0. The second kappa shape index (κ2) is 7.22. The summed E-state index contributed by atoms with van der Waals surface area (Å²) in [5.74, 6) is -0.846. The summed E-state index contributed by atoms with van der Waals surface area (Å²) in [5, 5.41) is 21.8. The highest BCUT2D eigenvalue weighted by atomic mass is 16.4. The lowest BCUT2D eigenvalue weighted by atomic mass is 10.1. The second-order valence-corrected chi connectivity index (χ2v) is 6.59. The zero-order valence-electron chi connectivity index (χ0n) is 14.7. The van der Waals surface area contributed by atoms with E-state index in [9.17, 15) is 4.79 Å². The Labute approximate surface area is 155 Å². The second-order valence-electron chi connectivity index (χ2n) is 6.59. The largest absolute Gasteiger partial charge is 0.481 e. The molecule has 0 fully saturated rings. The molecule has 0 aliphatic rings. The minimum atomic E-state index is -0.846. The smallest absolute Gasteiger partial charge is 0.307 e. The first-order valence-corrected chi connectivity index (χ1v) is 8.85. The molecular formula is C20H21N5O2. The van der Waals surface area contributed by atoms with Gasteiger partial charge in [0.1, 0.15) is 5.69 Å². The number of H-pyrrole nitrogens is 2. The molecule has 0 aliphatic heterocycles. The van der Waals surface area contributed by atoms with E-state index in [4.69, 9.17) is 10.8 Å². The molecule has 6 N–H and O–H groups in total. The molecule has 0 atom stereocenters. The van der Waals surface area contributed by atoms with Gasteiger partial charge in [0.15, 0.2) is 0 Å². The van der Waals surface area contributed by atoms with Gasteiger partial charge >= 0.3 is 5.97 Å². The topological polar surface area (TPSA) is 120 Å². The van der Waals surface area contributed by atoms with Crippen molar-refractivity contribution in [2.75, 3.05) is 13.1 Å². The number of rotatable bonds is 7. The fourth-order valence-corrected chi connectivity index (χ4v) is 3.31. The van der Waals surface area contributed by atoms with E-state index in [0.717, 1.165) is 51.8 Å². The Kier molecular flexibility index (Phi) is 4.62. The van der Waals surface area contributed by atoms with Gasteiger partial charge in [-0.05, 0) is 35.4 Å². The molecule has 2 aromatic carbocycles. The molecule has 0 bridgehead atoms. The maximum atomic E-state index is 10.9. The molecule has 0 saturated heterocycles. The number of aromatic nitrogens is 3. The van der Waals surface area contributed by atoms with Crippen molar-refractivity contribution in [2.45, 2.75) is 13.0 Å². The van der Waals surface area contributed by atoms with Crippen LogP contribution in [-0.4, -0.2) is 39.3 Å². The van der Waals surface area contributed by atoms with Crippen LogP contribution in [0.1, 0.15) is 11.1 Å². The predicted molar refractivity (Wildman–Crippen MR) is 105 cm³/mol. The first-order valence-electron chi connectivity index (χ1n) is 8.85. The predicted octanol–water partition coefficient (Wildman–Crippen LogP) is 2.39. The van der Waals surface area contributed by atoms with Gasteiger partial charge in [0, 0.05) is 35.9 Å². The van der Waals surface area contributed by atoms with Crippen LogP contribution < -0.4 is 11.1 Å². The summed E-state index contributed by atoms with van der Waals surface area (Å²) in [6, 6.07) is 14.0. The highest BCUT2D eigenvalue weighted by Gasteiger charge is 2.12. The molecule has 0 amide bonds. The lowest BCUT2D eigenvalue weighted by Crippen LogP contribution is -2.21. The van der Waals surface area contributed by atoms with Crippen molar-refractivity contribution in [3.05, 3.63) is 53.6 Å². The van der Waals surface area contributed by atoms with Crippen LogP contribution in [0.5, 0.6) is 0 Å². The van der Waals surface area contributed by atoms with Crippen molar-refractivity contribution in [3.63, 3.8) is 0 Å². The number of nitrogens with one attached hydrogen (secondary N) is 3. The van der Waals surface area contributed by atoms with Gasteiger partial charge in [-0.25, -0.2) is 0 Å². The van der Waals surface area contributed by atoms with Gasteiger partial charge in [-0.2, -0.15) is 5.10 Å². The van der Waals surface area contributed by atoms with Crippen LogP contribution in [-0.2, 0) is 17.8 Å². The van der Waals surface area contributed by atoms with Crippen LogP contribution in [0.2, 0.25) is 0 Å². The van der Waals surface area contributed by atoms with Crippen LogP contribution in [0.15, 0.2) is 42.5 Å². The van der Waals surface area contributed by atoms with Crippen molar-refractivity contribution >= 4 is 27.8 Å². The van der Waals surface area contributed by atoms with Crippen molar-refractivity contribution in [1.29, 1.82) is 0 Å². The molecule has 2 heterocycles. The summed E-state index contributed by atoms with van der Waals surface area (Å²) in [6.45, 7) is 2.20. The van der Waals surface area contributed by atoms with E-state index in [1.54, 1.807) is 0 Å². The van der Waals surface area contributed by atoms with Crippen LogP contribution >= 0.6 is 0 Å². The number of fused-ring (bicyclic) bond motifs is 2. The van der Waals surface area contributed by atoms with E-state index in [2.05, 4.69) is 44.8 Å². The maximum absolute atomic E-state index is 10.9. The third kappa shape index (κ3) is 3.55. The number of aliphatic carboxylic acids is 1. The Morgan fingerprint density at radius 1 is 1.11 bits per heavy atom. The molecule has 2 aromatic heterocycles. The highest BCUT2D eigenvalue weighted by Crippen LogP contribution is 2.29. The molecule has 0 saturated carbocycles. The Morgan fingerprint density at radius 3 is 2.78 bits per heavy atom. The number of aromatic amines is 2. The van der Waals surface area contributed by atoms with Crippen LogP contribution in [0, 0.1) is 0 Å². The van der Waals surface area contributed by atoms with E-state index >= 15 is 0 Å². The molecule has 0 radical (unpaired) electrons. The molecular weight excluding hydrogens is 342 g/mol. The molecule has 4 rings (SSSR count). The van der Waals surface area contributed by atoms with E-state index in [1.165, 1.54) is 5.56 Å². The van der Waals surface area contributed by atoms with Crippen molar-refractivity contribution in [3.8, 4) is 11.4 Å². The first-order chi connectivity index (χ1) is 13.1. The Hall–Kier alpha value is -3.16. The molecule has 0 unspecified atom stereocenters. The first kappa shape index (κ1) is 17.3. The lowest BCUT2D eigenvalue weighted by molar-refractivity contribution is -0.136.